The monoisotopic (exact) mass is 113 g/mol. The first kappa shape index (κ1) is 6.09. The van der Waals surface area contributed by atoms with Gasteiger partial charge in [0.1, 0.15) is 0 Å². The molecular formula is C7H15N. The third-order valence-electron chi connectivity index (χ3n) is 2.10. The second kappa shape index (κ2) is 2.49. The zero-order valence-electron chi connectivity index (χ0n) is 5.78. The molecule has 0 aliphatic heterocycles. The number of nitrogens with one attached hydrogen (secondary N) is 1. The lowest BCUT2D eigenvalue weighted by Gasteiger charge is -2.04. The highest BCUT2D eigenvalue weighted by Crippen LogP contribution is 2.23. The molecule has 1 fully saturated rings. The van der Waals surface area contributed by atoms with Gasteiger partial charge in [0.25, 0.3) is 0 Å². The Kier molecular flexibility index (Phi) is 1.90. The summed E-state index contributed by atoms with van der Waals surface area (Å²) in [6, 6.07) is 0.824. The van der Waals surface area contributed by atoms with Crippen molar-refractivity contribution in [1.82, 2.24) is 5.32 Å². The molecule has 0 heterocycles. The van der Waals surface area contributed by atoms with E-state index in [4.69, 9.17) is 0 Å². The van der Waals surface area contributed by atoms with Gasteiger partial charge in [-0.05, 0) is 32.2 Å². The van der Waals surface area contributed by atoms with Gasteiger partial charge in [0.2, 0.25) is 0 Å². The first-order valence-electron chi connectivity index (χ1n) is 3.50. The first-order chi connectivity index (χ1) is 3.83. The van der Waals surface area contributed by atoms with Gasteiger partial charge in [-0.3, -0.25) is 0 Å². The van der Waals surface area contributed by atoms with Crippen LogP contribution in [0, 0.1) is 5.92 Å². The van der Waals surface area contributed by atoms with Crippen molar-refractivity contribution < 1.29 is 0 Å². The zero-order valence-corrected chi connectivity index (χ0v) is 5.78. The molecule has 1 rings (SSSR count). The molecule has 0 radical (unpaired) electrons. The fourth-order valence-corrected chi connectivity index (χ4v) is 1.47. The van der Waals surface area contributed by atoms with Gasteiger partial charge in [0.15, 0.2) is 0 Å². The third-order valence-corrected chi connectivity index (χ3v) is 2.10. The van der Waals surface area contributed by atoms with Crippen LogP contribution in [0.5, 0.6) is 0 Å². The third kappa shape index (κ3) is 1.22. The second-order valence-corrected chi connectivity index (χ2v) is 2.90. The van der Waals surface area contributed by atoms with Gasteiger partial charge in [-0.25, -0.2) is 0 Å². The van der Waals surface area contributed by atoms with Crippen molar-refractivity contribution >= 4 is 0 Å². The summed E-state index contributed by atoms with van der Waals surface area (Å²) in [5.74, 6) is 0.965. The van der Waals surface area contributed by atoms with Crippen LogP contribution in [-0.2, 0) is 0 Å². The van der Waals surface area contributed by atoms with Crippen LogP contribution in [-0.4, -0.2) is 13.1 Å². The first-order valence-corrected chi connectivity index (χ1v) is 3.50. The Morgan fingerprint density at radius 1 is 1.38 bits per heavy atom. The molecule has 0 amide bonds. The van der Waals surface area contributed by atoms with Crippen LogP contribution in [0.4, 0.5) is 0 Å². The average Bonchev–Trinajstić information content (AvgIpc) is 2.14. The van der Waals surface area contributed by atoms with Gasteiger partial charge in [-0.1, -0.05) is 6.92 Å². The van der Waals surface area contributed by atoms with Gasteiger partial charge >= 0.3 is 0 Å². The maximum atomic E-state index is 3.29. The molecule has 48 valence electrons. The molecule has 1 aliphatic carbocycles. The summed E-state index contributed by atoms with van der Waals surface area (Å²) in [4.78, 5) is 0. The minimum Gasteiger partial charge on any atom is -0.317 e. The summed E-state index contributed by atoms with van der Waals surface area (Å²) < 4.78 is 0. The predicted octanol–water partition coefficient (Wildman–Crippen LogP) is 1.39. The molecule has 0 bridgehead atoms. The van der Waals surface area contributed by atoms with E-state index in [1.54, 1.807) is 0 Å². The van der Waals surface area contributed by atoms with E-state index in [0.29, 0.717) is 0 Å². The lowest BCUT2D eigenvalue weighted by atomic mass is 10.1. The van der Waals surface area contributed by atoms with Crippen molar-refractivity contribution in [2.24, 2.45) is 5.92 Å². The molecule has 2 atom stereocenters. The summed E-state index contributed by atoms with van der Waals surface area (Å²) in [6.07, 6.45) is 4.19. The lowest BCUT2D eigenvalue weighted by molar-refractivity contribution is 0.544. The smallest absolute Gasteiger partial charge is 0.00667 e. The van der Waals surface area contributed by atoms with E-state index < -0.39 is 0 Å². The Morgan fingerprint density at radius 3 is 2.38 bits per heavy atom. The van der Waals surface area contributed by atoms with E-state index >= 15 is 0 Å². The molecule has 0 aromatic rings. The molecule has 1 N–H and O–H groups in total. The van der Waals surface area contributed by atoms with Gasteiger partial charge in [0.05, 0.1) is 0 Å². The number of hydrogen-bond acceptors (Lipinski definition) is 1. The van der Waals surface area contributed by atoms with E-state index in [0.717, 1.165) is 12.0 Å². The highest BCUT2D eigenvalue weighted by Gasteiger charge is 2.18. The van der Waals surface area contributed by atoms with Gasteiger partial charge < -0.3 is 5.32 Å². The maximum absolute atomic E-state index is 3.29. The molecule has 0 aromatic carbocycles. The molecule has 0 spiro atoms. The van der Waals surface area contributed by atoms with E-state index in [-0.39, 0.29) is 0 Å². The van der Waals surface area contributed by atoms with Gasteiger partial charge in [-0.15, -0.1) is 0 Å². The Bertz CT molecular complexity index is 70.8. The van der Waals surface area contributed by atoms with Crippen molar-refractivity contribution in [2.75, 3.05) is 7.05 Å². The van der Waals surface area contributed by atoms with Crippen LogP contribution in [0.2, 0.25) is 0 Å². The topological polar surface area (TPSA) is 12.0 Å². The van der Waals surface area contributed by atoms with Crippen LogP contribution in [0.3, 0.4) is 0 Å². The Balaban J connectivity index is 2.22. The molecule has 0 saturated heterocycles. The fraction of sp³-hybridized carbons (Fsp3) is 1.00. The van der Waals surface area contributed by atoms with E-state index in [1.807, 2.05) is 0 Å². The zero-order chi connectivity index (χ0) is 5.98. The Labute approximate surface area is 51.5 Å². The fourth-order valence-electron chi connectivity index (χ4n) is 1.47. The van der Waals surface area contributed by atoms with Crippen molar-refractivity contribution in [3.63, 3.8) is 0 Å². The Hall–Kier alpha value is -0.0400. The van der Waals surface area contributed by atoms with Crippen LogP contribution < -0.4 is 5.32 Å². The summed E-state index contributed by atoms with van der Waals surface area (Å²) in [5.41, 5.74) is 0. The van der Waals surface area contributed by atoms with E-state index in [2.05, 4.69) is 19.3 Å². The summed E-state index contributed by atoms with van der Waals surface area (Å²) in [6.45, 7) is 2.33. The van der Waals surface area contributed by atoms with Crippen molar-refractivity contribution in [3.05, 3.63) is 0 Å². The van der Waals surface area contributed by atoms with Crippen LogP contribution >= 0.6 is 0 Å². The minimum atomic E-state index is 0.824. The second-order valence-electron chi connectivity index (χ2n) is 2.90. The molecular weight excluding hydrogens is 98.1 g/mol. The summed E-state index contributed by atoms with van der Waals surface area (Å²) in [5, 5.41) is 3.29. The number of rotatable bonds is 1. The van der Waals surface area contributed by atoms with Crippen LogP contribution in [0.15, 0.2) is 0 Å². The Morgan fingerprint density at radius 2 is 2.12 bits per heavy atom. The molecule has 1 heteroatoms. The van der Waals surface area contributed by atoms with E-state index in [9.17, 15) is 0 Å². The normalized spacial score (nSPS) is 38.2. The van der Waals surface area contributed by atoms with Crippen LogP contribution in [0.1, 0.15) is 26.2 Å². The summed E-state index contributed by atoms with van der Waals surface area (Å²) >= 11 is 0. The molecule has 1 aliphatic rings. The molecule has 1 saturated carbocycles. The standard InChI is InChI=1S/C7H15N/c1-6-3-4-7(5-6)8-2/h6-8H,3-5H2,1-2H3/t6-,7+/m1/s1. The maximum Gasteiger partial charge on any atom is 0.00667 e. The largest absolute Gasteiger partial charge is 0.317 e. The highest BCUT2D eigenvalue weighted by atomic mass is 14.9. The van der Waals surface area contributed by atoms with Crippen molar-refractivity contribution in [3.8, 4) is 0 Å². The van der Waals surface area contributed by atoms with Crippen molar-refractivity contribution in [1.29, 1.82) is 0 Å². The summed E-state index contributed by atoms with van der Waals surface area (Å²) in [7, 11) is 2.06. The van der Waals surface area contributed by atoms with Gasteiger partial charge in [0, 0.05) is 6.04 Å². The number of hydrogen-bond donors (Lipinski definition) is 1. The molecule has 8 heavy (non-hydrogen) atoms. The quantitative estimate of drug-likeness (QED) is 0.542. The molecule has 1 nitrogen and oxygen atoms in total. The van der Waals surface area contributed by atoms with Gasteiger partial charge in [-0.2, -0.15) is 0 Å². The highest BCUT2D eigenvalue weighted by molar-refractivity contribution is 4.76. The van der Waals surface area contributed by atoms with Crippen molar-refractivity contribution in [2.45, 2.75) is 32.2 Å². The molecule has 0 aromatic heterocycles. The van der Waals surface area contributed by atoms with E-state index in [1.165, 1.54) is 19.3 Å². The molecule has 0 unspecified atom stereocenters. The average molecular weight is 113 g/mol. The predicted molar refractivity (Wildman–Crippen MR) is 35.9 cm³/mol. The lowest BCUT2D eigenvalue weighted by Crippen LogP contribution is -2.20. The minimum absolute atomic E-state index is 0.824. The SMILES string of the molecule is CN[C@H]1CC[C@@H](C)C1. The van der Waals surface area contributed by atoms with Crippen LogP contribution in [0.25, 0.3) is 0 Å².